The molecule has 0 aliphatic heterocycles. The zero-order chi connectivity index (χ0) is 25.0. The van der Waals surface area contributed by atoms with Crippen LogP contribution < -0.4 is 0 Å². The van der Waals surface area contributed by atoms with Crippen LogP contribution in [0.5, 0.6) is 0 Å². The molecule has 0 heterocycles. The van der Waals surface area contributed by atoms with Gasteiger partial charge >= 0.3 is 5.97 Å². The Kier molecular flexibility index (Phi) is 7.53. The zero-order valence-electron chi connectivity index (χ0n) is 22.2. The number of thioether (sulfide) groups is 1. The van der Waals surface area contributed by atoms with Crippen molar-refractivity contribution in [1.82, 2.24) is 0 Å². The van der Waals surface area contributed by atoms with Crippen molar-refractivity contribution in [2.75, 3.05) is 19.1 Å². The number of rotatable bonds is 7. The van der Waals surface area contributed by atoms with Gasteiger partial charge in [0.25, 0.3) is 0 Å². The summed E-state index contributed by atoms with van der Waals surface area (Å²) in [5, 5.41) is -0.189. The fraction of sp³-hybridized carbons (Fsp3) is 0.833. The van der Waals surface area contributed by atoms with Crippen LogP contribution in [0.15, 0.2) is 12.2 Å². The van der Waals surface area contributed by atoms with Crippen molar-refractivity contribution >= 4 is 40.1 Å². The third kappa shape index (κ3) is 4.23. The van der Waals surface area contributed by atoms with Gasteiger partial charge in [-0.25, -0.2) is 0 Å². The maximum absolute atomic E-state index is 14.0. The van der Waals surface area contributed by atoms with Crippen LogP contribution in [0.2, 0.25) is 36.3 Å². The molecule has 2 rings (SSSR count). The van der Waals surface area contributed by atoms with Crippen molar-refractivity contribution < 1.29 is 23.2 Å². The standard InChI is InChI=1S/C24H44O5SSi2/c1-21(2,3)31(9,10)28-23(16-30-8)17-13-14-19(25)24(23,18(15-17)20(26)27-7)29-32(11,12)22(4,5)6/h13-14,17-18H,15-16H2,1-12H3/t17-,18-,23+,24+/m1/s1. The molecule has 8 heteroatoms. The minimum Gasteiger partial charge on any atom is -0.469 e. The number of ketones is 1. The maximum atomic E-state index is 14.0. The van der Waals surface area contributed by atoms with Gasteiger partial charge in [-0.15, -0.1) is 0 Å². The van der Waals surface area contributed by atoms with Crippen LogP contribution in [0.25, 0.3) is 0 Å². The van der Waals surface area contributed by atoms with Gasteiger partial charge in [0, 0.05) is 11.7 Å². The van der Waals surface area contributed by atoms with E-state index in [-0.39, 0.29) is 27.7 Å². The summed E-state index contributed by atoms with van der Waals surface area (Å²) < 4.78 is 19.6. The third-order valence-electron chi connectivity index (χ3n) is 8.36. The molecule has 0 aromatic heterocycles. The molecule has 0 aromatic carbocycles. The summed E-state index contributed by atoms with van der Waals surface area (Å²) in [6, 6.07) is 0. The first-order valence-electron chi connectivity index (χ1n) is 11.5. The van der Waals surface area contributed by atoms with Gasteiger partial charge in [-0.2, -0.15) is 11.8 Å². The van der Waals surface area contributed by atoms with Crippen molar-refractivity contribution in [3.05, 3.63) is 12.2 Å². The molecular formula is C24H44O5SSi2. The second kappa shape index (κ2) is 8.66. The van der Waals surface area contributed by atoms with Crippen molar-refractivity contribution in [3.63, 3.8) is 0 Å². The average Bonchev–Trinajstić information content (AvgIpc) is 2.76. The fourth-order valence-corrected chi connectivity index (χ4v) is 8.65. The first-order valence-corrected chi connectivity index (χ1v) is 18.7. The number of hydrogen-bond acceptors (Lipinski definition) is 6. The summed E-state index contributed by atoms with van der Waals surface area (Å²) in [5.74, 6) is -0.726. The van der Waals surface area contributed by atoms with E-state index < -0.39 is 33.8 Å². The Bertz CT molecular complexity index is 780. The minimum absolute atomic E-state index is 0.0546. The van der Waals surface area contributed by atoms with Gasteiger partial charge in [0.2, 0.25) is 0 Å². The molecule has 0 amide bonds. The average molecular weight is 501 g/mol. The van der Waals surface area contributed by atoms with E-state index in [0.717, 1.165) is 0 Å². The number of esters is 1. The molecule has 0 aromatic rings. The molecule has 0 unspecified atom stereocenters. The highest BCUT2D eigenvalue weighted by molar-refractivity contribution is 7.98. The van der Waals surface area contributed by atoms with E-state index in [1.165, 1.54) is 7.11 Å². The van der Waals surface area contributed by atoms with Crippen LogP contribution in [0, 0.1) is 11.8 Å². The number of methoxy groups -OCH3 is 1. The molecule has 1 saturated carbocycles. The number of hydrogen-bond donors (Lipinski definition) is 0. The molecule has 32 heavy (non-hydrogen) atoms. The van der Waals surface area contributed by atoms with Crippen LogP contribution in [-0.4, -0.2) is 58.7 Å². The van der Waals surface area contributed by atoms with Gasteiger partial charge in [-0.05, 0) is 55.0 Å². The van der Waals surface area contributed by atoms with E-state index in [0.29, 0.717) is 12.2 Å². The molecule has 184 valence electrons. The molecule has 2 bridgehead atoms. The highest BCUT2D eigenvalue weighted by atomic mass is 32.2. The van der Waals surface area contributed by atoms with Crippen LogP contribution in [-0.2, 0) is 23.2 Å². The van der Waals surface area contributed by atoms with Gasteiger partial charge in [-0.1, -0.05) is 47.6 Å². The molecule has 5 nitrogen and oxygen atoms in total. The lowest BCUT2D eigenvalue weighted by molar-refractivity contribution is -0.175. The summed E-state index contributed by atoms with van der Waals surface area (Å²) in [7, 11) is -3.41. The van der Waals surface area contributed by atoms with E-state index in [1.807, 2.05) is 12.3 Å². The Morgan fingerprint density at radius 3 is 2.00 bits per heavy atom. The topological polar surface area (TPSA) is 61.8 Å². The monoisotopic (exact) mass is 500 g/mol. The van der Waals surface area contributed by atoms with Crippen LogP contribution >= 0.6 is 11.8 Å². The smallest absolute Gasteiger partial charge is 0.312 e. The van der Waals surface area contributed by atoms with Crippen molar-refractivity contribution in [2.24, 2.45) is 11.8 Å². The van der Waals surface area contributed by atoms with E-state index in [2.05, 4.69) is 67.7 Å². The van der Waals surface area contributed by atoms with Crippen molar-refractivity contribution in [1.29, 1.82) is 0 Å². The lowest BCUT2D eigenvalue weighted by Gasteiger charge is -2.57. The fourth-order valence-electron chi connectivity index (χ4n) is 4.51. The number of fused-ring (bicyclic) bond motifs is 2. The summed E-state index contributed by atoms with van der Waals surface area (Å²) in [6.45, 7) is 21.8. The molecule has 0 spiro atoms. The molecule has 0 saturated heterocycles. The molecule has 2 aliphatic carbocycles. The maximum Gasteiger partial charge on any atom is 0.312 e. The van der Waals surface area contributed by atoms with Crippen LogP contribution in [0.1, 0.15) is 48.0 Å². The predicted octanol–water partition coefficient (Wildman–Crippen LogP) is 5.82. The molecule has 4 atom stereocenters. The number of carbonyl (C=O) groups is 2. The SMILES string of the molecule is COC(=O)[C@H]1C[C@H]2C=CC(=O)[C@]1(O[Si](C)(C)C(C)(C)C)[C@@]2(CSC)O[Si](C)(C)C(C)(C)C. The Morgan fingerprint density at radius 2 is 1.56 bits per heavy atom. The first kappa shape index (κ1) is 27.8. The van der Waals surface area contributed by atoms with E-state index in [9.17, 15) is 9.59 Å². The van der Waals surface area contributed by atoms with E-state index >= 15 is 0 Å². The number of carbonyl (C=O) groups excluding carboxylic acids is 2. The second-order valence-corrected chi connectivity index (χ2v) is 22.7. The third-order valence-corrected chi connectivity index (χ3v) is 18.0. The lowest BCUT2D eigenvalue weighted by atomic mass is 9.73. The van der Waals surface area contributed by atoms with Gasteiger partial charge in [0.15, 0.2) is 28.0 Å². The molecule has 0 radical (unpaired) electrons. The zero-order valence-corrected chi connectivity index (χ0v) is 25.0. The Balaban J connectivity index is 2.86. The quantitative estimate of drug-likeness (QED) is 0.324. The highest BCUT2D eigenvalue weighted by Gasteiger charge is 2.75. The Labute approximate surface area is 201 Å². The van der Waals surface area contributed by atoms with E-state index in [4.69, 9.17) is 13.6 Å². The van der Waals surface area contributed by atoms with Gasteiger partial charge in [0.05, 0.1) is 13.0 Å². The lowest BCUT2D eigenvalue weighted by Crippen LogP contribution is -2.72. The minimum atomic E-state index is -2.48. The Hall–Kier alpha value is -0.416. The molecule has 1 fully saturated rings. The summed E-state index contributed by atoms with van der Waals surface area (Å²) in [4.78, 5) is 27.1. The molecule has 2 aliphatic rings. The molecule has 0 N–H and O–H groups in total. The number of ether oxygens (including phenoxy) is 1. The van der Waals surface area contributed by atoms with Crippen LogP contribution in [0.3, 0.4) is 0 Å². The largest absolute Gasteiger partial charge is 0.469 e. The van der Waals surface area contributed by atoms with Gasteiger partial charge in [0.1, 0.15) is 5.60 Å². The highest BCUT2D eigenvalue weighted by Crippen LogP contribution is 2.61. The molecular weight excluding hydrogens is 456 g/mol. The second-order valence-electron chi connectivity index (χ2n) is 12.4. The van der Waals surface area contributed by atoms with E-state index in [1.54, 1.807) is 17.8 Å². The predicted molar refractivity (Wildman–Crippen MR) is 138 cm³/mol. The van der Waals surface area contributed by atoms with Gasteiger partial charge < -0.3 is 13.6 Å². The van der Waals surface area contributed by atoms with Crippen molar-refractivity contribution in [3.8, 4) is 0 Å². The summed E-state index contributed by atoms with van der Waals surface area (Å²) in [5.41, 5.74) is -2.28. The normalized spacial score (nSPS) is 31.2. The first-order chi connectivity index (χ1) is 14.3. The summed E-state index contributed by atoms with van der Waals surface area (Å²) >= 11 is 1.66. The van der Waals surface area contributed by atoms with Gasteiger partial charge in [-0.3, -0.25) is 9.59 Å². The summed E-state index contributed by atoms with van der Waals surface area (Å²) in [6.07, 6.45) is 6.13. The van der Waals surface area contributed by atoms with Crippen molar-refractivity contribution in [2.45, 2.75) is 95.4 Å². The van der Waals surface area contributed by atoms with Crippen LogP contribution in [0.4, 0.5) is 0 Å². The Morgan fingerprint density at radius 1 is 1.06 bits per heavy atom.